The molecule has 1 aromatic rings. The number of fused-ring (bicyclic) bond motifs is 1. The predicted octanol–water partition coefficient (Wildman–Crippen LogP) is 1.67. The quantitative estimate of drug-likeness (QED) is 0.824. The molecule has 20 heavy (non-hydrogen) atoms. The summed E-state index contributed by atoms with van der Waals surface area (Å²) in [7, 11) is 1.87. The van der Waals surface area contributed by atoms with Gasteiger partial charge in [0.25, 0.3) is 5.91 Å². The van der Waals surface area contributed by atoms with E-state index >= 15 is 0 Å². The second kappa shape index (κ2) is 4.52. The summed E-state index contributed by atoms with van der Waals surface area (Å²) in [5.41, 5.74) is 1.23. The molecule has 3 rings (SSSR count). The minimum absolute atomic E-state index is 0.00367. The molecule has 0 aromatic carbocycles. The Balaban J connectivity index is 1.80. The fraction of sp³-hybridized carbons (Fsp3) is 0.667. The normalized spacial score (nSPS) is 30.5. The molecule has 1 saturated carbocycles. The highest BCUT2D eigenvalue weighted by atomic mass is 16.5. The Hall–Kier alpha value is -1.49. The van der Waals surface area contributed by atoms with Crippen molar-refractivity contribution in [2.24, 2.45) is 11.3 Å². The molecule has 5 heteroatoms. The third-order valence-corrected chi connectivity index (χ3v) is 4.78. The first-order valence-electron chi connectivity index (χ1n) is 7.10. The largest absolute Gasteiger partial charge is 0.377 e. The Morgan fingerprint density at radius 1 is 1.40 bits per heavy atom. The van der Waals surface area contributed by atoms with Crippen molar-refractivity contribution in [2.75, 3.05) is 13.7 Å². The first kappa shape index (κ1) is 13.5. The van der Waals surface area contributed by atoms with E-state index in [1.807, 2.05) is 18.9 Å². The average Bonchev–Trinajstić information content (AvgIpc) is 2.85. The van der Waals surface area contributed by atoms with Gasteiger partial charge >= 0.3 is 0 Å². The van der Waals surface area contributed by atoms with Crippen molar-refractivity contribution >= 4 is 5.91 Å². The standard InChI is InChI=1S/C15H21N3O2/c1-9-7-17-11(8-16-9)14(19)18(4)12-10-5-6-20-13(10)15(12,2)3/h7-8,10,12-13H,5-6H2,1-4H3/t10-,12+,13-/m0/s1. The maximum atomic E-state index is 12.5. The van der Waals surface area contributed by atoms with Gasteiger partial charge in [-0.3, -0.25) is 9.78 Å². The van der Waals surface area contributed by atoms with Crippen LogP contribution in [0.3, 0.4) is 0 Å². The molecule has 5 nitrogen and oxygen atoms in total. The summed E-state index contributed by atoms with van der Waals surface area (Å²) >= 11 is 0. The van der Waals surface area contributed by atoms with Gasteiger partial charge in [-0.1, -0.05) is 13.8 Å². The van der Waals surface area contributed by atoms with Gasteiger partial charge in [-0.15, -0.1) is 0 Å². The Labute approximate surface area is 119 Å². The van der Waals surface area contributed by atoms with Gasteiger partial charge in [0, 0.05) is 37.2 Å². The number of hydrogen-bond acceptors (Lipinski definition) is 4. The molecule has 1 aliphatic heterocycles. The maximum absolute atomic E-state index is 12.5. The van der Waals surface area contributed by atoms with Crippen LogP contribution in [0.2, 0.25) is 0 Å². The SMILES string of the molecule is Cc1cnc(C(=O)N(C)[C@@H]2[C@@H]3CCO[C@@H]3C2(C)C)cn1. The lowest BCUT2D eigenvalue weighted by atomic mass is 9.57. The highest BCUT2D eigenvalue weighted by molar-refractivity contribution is 5.92. The van der Waals surface area contributed by atoms with Crippen LogP contribution in [0.4, 0.5) is 0 Å². The number of nitrogens with zero attached hydrogens (tertiary/aromatic N) is 3. The first-order valence-corrected chi connectivity index (χ1v) is 7.10. The Morgan fingerprint density at radius 3 is 2.80 bits per heavy atom. The van der Waals surface area contributed by atoms with E-state index in [0.29, 0.717) is 11.6 Å². The summed E-state index contributed by atoms with van der Waals surface area (Å²) < 4.78 is 5.78. The average molecular weight is 275 g/mol. The van der Waals surface area contributed by atoms with Gasteiger partial charge in [-0.2, -0.15) is 0 Å². The van der Waals surface area contributed by atoms with Crippen molar-refractivity contribution in [1.29, 1.82) is 0 Å². The van der Waals surface area contributed by atoms with Crippen LogP contribution < -0.4 is 0 Å². The summed E-state index contributed by atoms with van der Waals surface area (Å²) in [4.78, 5) is 22.7. The highest BCUT2D eigenvalue weighted by Gasteiger charge is 2.61. The lowest BCUT2D eigenvalue weighted by molar-refractivity contribution is -0.139. The molecule has 2 heterocycles. The molecule has 1 saturated heterocycles. The van der Waals surface area contributed by atoms with E-state index in [9.17, 15) is 4.79 Å². The summed E-state index contributed by atoms with van der Waals surface area (Å²) in [6, 6.07) is 0.214. The van der Waals surface area contributed by atoms with Gasteiger partial charge < -0.3 is 9.64 Å². The maximum Gasteiger partial charge on any atom is 0.274 e. The summed E-state index contributed by atoms with van der Waals surface area (Å²) in [5.74, 6) is 0.401. The van der Waals surface area contributed by atoms with Gasteiger partial charge in [0.1, 0.15) is 5.69 Å². The number of aromatic nitrogens is 2. The number of aryl methyl sites for hydroxylation is 1. The van der Waals surface area contributed by atoms with Crippen molar-refractivity contribution in [2.45, 2.75) is 39.3 Å². The third kappa shape index (κ3) is 1.84. The smallest absolute Gasteiger partial charge is 0.274 e. The second-order valence-electron chi connectivity index (χ2n) is 6.47. The molecule has 0 spiro atoms. The van der Waals surface area contributed by atoms with E-state index in [2.05, 4.69) is 23.8 Å². The molecule has 1 amide bonds. The molecule has 0 bridgehead atoms. The van der Waals surface area contributed by atoms with Crippen LogP contribution in [0.25, 0.3) is 0 Å². The molecule has 3 atom stereocenters. The minimum Gasteiger partial charge on any atom is -0.377 e. The minimum atomic E-state index is -0.0547. The number of amides is 1. The summed E-state index contributed by atoms with van der Waals surface area (Å²) in [5, 5.41) is 0. The van der Waals surface area contributed by atoms with E-state index in [1.165, 1.54) is 0 Å². The first-order chi connectivity index (χ1) is 9.43. The molecule has 2 aliphatic rings. The zero-order chi connectivity index (χ0) is 14.5. The van der Waals surface area contributed by atoms with Crippen LogP contribution >= 0.6 is 0 Å². The van der Waals surface area contributed by atoms with E-state index in [1.54, 1.807) is 12.4 Å². The lowest BCUT2D eigenvalue weighted by Crippen LogP contribution is -2.66. The van der Waals surface area contributed by atoms with Crippen LogP contribution in [0.1, 0.15) is 36.5 Å². The number of carbonyl (C=O) groups is 1. The van der Waals surface area contributed by atoms with Gasteiger partial charge in [-0.05, 0) is 13.3 Å². The van der Waals surface area contributed by atoms with E-state index < -0.39 is 0 Å². The Kier molecular flexibility index (Phi) is 3.05. The topological polar surface area (TPSA) is 55.3 Å². The van der Waals surface area contributed by atoms with Gasteiger partial charge in [-0.25, -0.2) is 4.98 Å². The van der Waals surface area contributed by atoms with Gasteiger partial charge in [0.2, 0.25) is 0 Å². The number of ether oxygens (including phenoxy) is 1. The molecular weight excluding hydrogens is 254 g/mol. The zero-order valence-electron chi connectivity index (χ0n) is 12.5. The molecule has 0 radical (unpaired) electrons. The van der Waals surface area contributed by atoms with Gasteiger partial charge in [0.05, 0.1) is 18.0 Å². The zero-order valence-corrected chi connectivity index (χ0v) is 12.5. The van der Waals surface area contributed by atoms with Crippen molar-refractivity contribution in [3.63, 3.8) is 0 Å². The number of rotatable bonds is 2. The second-order valence-corrected chi connectivity index (χ2v) is 6.47. The number of hydrogen-bond donors (Lipinski definition) is 0. The molecule has 1 aliphatic carbocycles. The van der Waals surface area contributed by atoms with Crippen molar-refractivity contribution in [1.82, 2.24) is 14.9 Å². The lowest BCUT2D eigenvalue weighted by Gasteiger charge is -2.57. The third-order valence-electron chi connectivity index (χ3n) is 4.78. The highest BCUT2D eigenvalue weighted by Crippen LogP contribution is 2.54. The van der Waals surface area contributed by atoms with Crippen molar-refractivity contribution < 1.29 is 9.53 Å². The molecule has 1 aromatic heterocycles. The van der Waals surface area contributed by atoms with E-state index in [-0.39, 0.29) is 23.5 Å². The monoisotopic (exact) mass is 275 g/mol. The van der Waals surface area contributed by atoms with Crippen molar-refractivity contribution in [3.05, 3.63) is 23.8 Å². The van der Waals surface area contributed by atoms with Crippen LogP contribution in [0.5, 0.6) is 0 Å². The van der Waals surface area contributed by atoms with E-state index in [0.717, 1.165) is 18.7 Å². The number of carbonyl (C=O) groups excluding carboxylic acids is 1. The molecule has 0 N–H and O–H groups in total. The van der Waals surface area contributed by atoms with E-state index in [4.69, 9.17) is 4.74 Å². The molecule has 0 unspecified atom stereocenters. The Bertz CT molecular complexity index is 526. The van der Waals surface area contributed by atoms with Crippen LogP contribution in [-0.4, -0.2) is 46.6 Å². The Morgan fingerprint density at radius 2 is 2.15 bits per heavy atom. The summed E-state index contributed by atoms with van der Waals surface area (Å²) in [6.45, 7) is 7.02. The summed E-state index contributed by atoms with van der Waals surface area (Å²) in [6.07, 6.45) is 4.51. The van der Waals surface area contributed by atoms with Crippen LogP contribution in [0, 0.1) is 18.3 Å². The fourth-order valence-corrected chi connectivity index (χ4v) is 3.89. The van der Waals surface area contributed by atoms with Gasteiger partial charge in [0.15, 0.2) is 0 Å². The van der Waals surface area contributed by atoms with Crippen LogP contribution in [-0.2, 0) is 4.74 Å². The van der Waals surface area contributed by atoms with Crippen LogP contribution in [0.15, 0.2) is 12.4 Å². The molecular formula is C15H21N3O2. The fourth-order valence-electron chi connectivity index (χ4n) is 3.89. The molecule has 2 fully saturated rings. The van der Waals surface area contributed by atoms with Crippen molar-refractivity contribution in [3.8, 4) is 0 Å². The predicted molar refractivity (Wildman–Crippen MR) is 74.3 cm³/mol. The molecule has 108 valence electrons.